The first-order valence-electron chi connectivity index (χ1n) is 10.6. The number of carbonyl (C=O) groups excluding carboxylic acids is 1. The number of ether oxygens (including phenoxy) is 3. The van der Waals surface area contributed by atoms with Gasteiger partial charge in [-0.3, -0.25) is 14.1 Å². The van der Waals surface area contributed by atoms with E-state index in [0.29, 0.717) is 10.8 Å². The summed E-state index contributed by atoms with van der Waals surface area (Å²) in [5, 5.41) is 7.36. The van der Waals surface area contributed by atoms with Gasteiger partial charge in [0.15, 0.2) is 11.5 Å². The fourth-order valence-corrected chi connectivity index (χ4v) is 4.94. The average Bonchev–Trinajstić information content (AvgIpc) is 3.24. The van der Waals surface area contributed by atoms with Crippen molar-refractivity contribution in [3.63, 3.8) is 0 Å². The fourth-order valence-electron chi connectivity index (χ4n) is 3.72. The predicted molar refractivity (Wildman–Crippen MR) is 126 cm³/mol. The van der Waals surface area contributed by atoms with E-state index in [9.17, 15) is 13.2 Å². The molecule has 1 fully saturated rings. The molecule has 1 aliphatic carbocycles. The summed E-state index contributed by atoms with van der Waals surface area (Å²) in [5.74, 6) is 0.238. The third-order valence-corrected chi connectivity index (χ3v) is 7.55. The fraction of sp³-hybridized carbons (Fsp3) is 0.450. The van der Waals surface area contributed by atoms with E-state index in [2.05, 4.69) is 34.9 Å². The number of hydrogen-bond donors (Lipinski definition) is 1. The van der Waals surface area contributed by atoms with Crippen LogP contribution in [-0.2, 0) is 19.6 Å². The molecule has 0 spiro atoms. The van der Waals surface area contributed by atoms with Crippen molar-refractivity contribution in [3.05, 3.63) is 35.4 Å². The molecule has 0 bridgehead atoms. The zero-order valence-corrected chi connectivity index (χ0v) is 21.3. The molecule has 3 aromatic rings. The second kappa shape index (κ2) is 10.3. The van der Waals surface area contributed by atoms with Crippen molar-refractivity contribution in [2.45, 2.75) is 37.0 Å². The Morgan fingerprint density at radius 3 is 2.19 bits per heavy atom. The minimum Gasteiger partial charge on any atom is -0.479 e. The second-order valence-corrected chi connectivity index (χ2v) is 10.3. The maximum absolute atomic E-state index is 13.4. The molecule has 0 aromatic carbocycles. The summed E-state index contributed by atoms with van der Waals surface area (Å²) in [6, 6.07) is 0. The van der Waals surface area contributed by atoms with Gasteiger partial charge in [0.2, 0.25) is 27.7 Å². The number of nitrogens with zero attached hydrogens (tertiary/aromatic N) is 7. The Labute approximate surface area is 211 Å². The number of hydrogen-bond acceptors (Lipinski definition) is 12. The van der Waals surface area contributed by atoms with Crippen LogP contribution in [0.5, 0.6) is 11.8 Å². The quantitative estimate of drug-likeness (QED) is 0.394. The molecule has 0 aliphatic heterocycles. The second-order valence-electron chi connectivity index (χ2n) is 7.87. The van der Waals surface area contributed by atoms with Gasteiger partial charge < -0.3 is 14.2 Å². The topological polar surface area (TPSA) is 173 Å². The molecule has 2 atom stereocenters. The van der Waals surface area contributed by atoms with Gasteiger partial charge >= 0.3 is 0 Å². The van der Waals surface area contributed by atoms with Gasteiger partial charge in [0.25, 0.3) is 0 Å². The van der Waals surface area contributed by atoms with Gasteiger partial charge in [-0.25, -0.2) is 18.4 Å². The Hall–Kier alpha value is -3.43. The van der Waals surface area contributed by atoms with Crippen LogP contribution in [-0.4, -0.2) is 75.5 Å². The van der Waals surface area contributed by atoms with Crippen LogP contribution in [0.2, 0.25) is 5.02 Å². The first kappa shape index (κ1) is 25.7. The van der Waals surface area contributed by atoms with E-state index in [0.717, 1.165) is 0 Å². The summed E-state index contributed by atoms with van der Waals surface area (Å²) >= 11 is 5.85. The largest absolute Gasteiger partial charge is 0.479 e. The summed E-state index contributed by atoms with van der Waals surface area (Å²) in [5.41, 5.74) is 0.177. The highest BCUT2D eigenvalue weighted by Gasteiger charge is 2.38. The zero-order chi connectivity index (χ0) is 26.0. The lowest BCUT2D eigenvalue weighted by Crippen LogP contribution is -2.33. The molecular weight excluding hydrogens is 516 g/mol. The smallest absolute Gasteiger partial charge is 0.245 e. The van der Waals surface area contributed by atoms with E-state index in [-0.39, 0.29) is 53.8 Å². The van der Waals surface area contributed by atoms with E-state index < -0.39 is 21.4 Å². The van der Waals surface area contributed by atoms with E-state index in [1.54, 1.807) is 0 Å². The van der Waals surface area contributed by atoms with Crippen molar-refractivity contribution < 1.29 is 27.4 Å². The molecule has 3 aromatic heterocycles. The molecule has 1 aliphatic rings. The Morgan fingerprint density at radius 1 is 1.06 bits per heavy atom. The first-order valence-corrected chi connectivity index (χ1v) is 12.5. The molecule has 2 unspecified atom stereocenters. The lowest BCUT2D eigenvalue weighted by Gasteiger charge is -2.25. The predicted octanol–water partition coefficient (Wildman–Crippen LogP) is 1.48. The van der Waals surface area contributed by atoms with E-state index in [1.165, 1.54) is 51.5 Å². The maximum Gasteiger partial charge on any atom is 0.245 e. The van der Waals surface area contributed by atoms with Crippen LogP contribution in [0.1, 0.15) is 43.4 Å². The summed E-state index contributed by atoms with van der Waals surface area (Å²) in [4.78, 5) is 28.0. The molecule has 3 heterocycles. The standard InChI is InChI=1S/C20H23ClN8O6S/c1-10(15(33-2)16-22-7-12(21)8-23-16)36(31,32)28-20-27-26-17(11-5-13(30)6-11)29(20)14-18(34-3)24-9-25-19(14)35-4/h7-11,15H,5-6H2,1-4H3,(H,27,28). The number of carbonyl (C=O) groups is 1. The number of aromatic nitrogens is 7. The number of rotatable bonds is 10. The van der Waals surface area contributed by atoms with Crippen molar-refractivity contribution in [3.8, 4) is 17.4 Å². The Kier molecular flexibility index (Phi) is 7.33. The number of ketones is 1. The van der Waals surface area contributed by atoms with E-state index >= 15 is 0 Å². The summed E-state index contributed by atoms with van der Waals surface area (Å²) in [7, 11) is -0.0335. The third-order valence-electron chi connectivity index (χ3n) is 5.66. The molecule has 0 saturated heterocycles. The van der Waals surface area contributed by atoms with Crippen molar-refractivity contribution >= 4 is 33.4 Å². The number of methoxy groups -OCH3 is 3. The van der Waals surface area contributed by atoms with Crippen LogP contribution in [0.3, 0.4) is 0 Å². The van der Waals surface area contributed by atoms with Gasteiger partial charge in [0, 0.05) is 38.3 Å². The zero-order valence-electron chi connectivity index (χ0n) is 19.7. The van der Waals surface area contributed by atoms with Crippen molar-refractivity contribution in [2.24, 2.45) is 0 Å². The van der Waals surface area contributed by atoms with Gasteiger partial charge in [-0.05, 0) is 6.92 Å². The number of anilines is 1. The highest BCUT2D eigenvalue weighted by atomic mass is 35.5. The number of halogens is 1. The number of Topliss-reactive ketones (excluding diaryl/α,β-unsaturated/α-hetero) is 1. The Bertz CT molecular complexity index is 1340. The molecule has 1 N–H and O–H groups in total. The molecule has 0 radical (unpaired) electrons. The highest BCUT2D eigenvalue weighted by molar-refractivity contribution is 7.93. The summed E-state index contributed by atoms with van der Waals surface area (Å²) in [6.07, 6.45) is 3.38. The van der Waals surface area contributed by atoms with Crippen molar-refractivity contribution in [1.29, 1.82) is 0 Å². The van der Waals surface area contributed by atoms with E-state index in [1.807, 2.05) is 0 Å². The van der Waals surface area contributed by atoms with Gasteiger partial charge in [-0.2, -0.15) is 9.97 Å². The van der Waals surface area contributed by atoms with Crippen LogP contribution in [0.25, 0.3) is 5.69 Å². The van der Waals surface area contributed by atoms with Gasteiger partial charge in [-0.1, -0.05) is 11.6 Å². The summed E-state index contributed by atoms with van der Waals surface area (Å²) in [6.45, 7) is 1.44. The van der Waals surface area contributed by atoms with Crippen LogP contribution in [0.4, 0.5) is 5.95 Å². The number of sulfonamides is 1. The van der Waals surface area contributed by atoms with Crippen molar-refractivity contribution in [1.82, 2.24) is 34.7 Å². The average molecular weight is 539 g/mol. The van der Waals surface area contributed by atoms with Crippen LogP contribution >= 0.6 is 11.6 Å². The third kappa shape index (κ3) is 4.81. The monoisotopic (exact) mass is 538 g/mol. The van der Waals surface area contributed by atoms with Crippen LogP contribution in [0.15, 0.2) is 18.7 Å². The Morgan fingerprint density at radius 2 is 1.67 bits per heavy atom. The molecule has 14 nitrogen and oxygen atoms in total. The van der Waals surface area contributed by atoms with Crippen molar-refractivity contribution in [2.75, 3.05) is 26.1 Å². The molecule has 192 valence electrons. The molecule has 36 heavy (non-hydrogen) atoms. The van der Waals surface area contributed by atoms with Crippen LogP contribution < -0.4 is 14.2 Å². The lowest BCUT2D eigenvalue weighted by atomic mass is 9.83. The van der Waals surface area contributed by atoms with Gasteiger partial charge in [0.05, 0.1) is 19.2 Å². The molecule has 1 saturated carbocycles. The van der Waals surface area contributed by atoms with Gasteiger partial charge in [0.1, 0.15) is 29.3 Å². The summed E-state index contributed by atoms with van der Waals surface area (Å²) < 4.78 is 46.9. The van der Waals surface area contributed by atoms with Gasteiger partial charge in [-0.15, -0.1) is 10.2 Å². The van der Waals surface area contributed by atoms with E-state index in [4.69, 9.17) is 25.8 Å². The SMILES string of the molecule is COc1ncnc(OC)c1-n1c(NS(=O)(=O)C(C)C(OC)c2ncc(Cl)cn2)nnc1C1CC(=O)C1. The maximum atomic E-state index is 13.4. The minimum absolute atomic E-state index is 0.0550. The molecule has 16 heteroatoms. The number of nitrogens with one attached hydrogen (secondary N) is 1. The highest BCUT2D eigenvalue weighted by Crippen LogP contribution is 2.39. The molecule has 0 amide bonds. The Balaban J connectivity index is 1.77. The normalized spacial score (nSPS) is 15.8. The molecular formula is C20H23ClN8O6S. The molecule has 4 rings (SSSR count). The lowest BCUT2D eigenvalue weighted by molar-refractivity contribution is -0.124. The van der Waals surface area contributed by atoms with Crippen LogP contribution in [0, 0.1) is 0 Å². The first-order chi connectivity index (χ1) is 17.2. The minimum atomic E-state index is -4.17.